The molecule has 5 heteroatoms. The Labute approximate surface area is 139 Å². The molecule has 2 aromatic heterocycles. The molecule has 23 heavy (non-hydrogen) atoms. The maximum atomic E-state index is 5.89. The summed E-state index contributed by atoms with van der Waals surface area (Å²) in [7, 11) is 0. The third-order valence-corrected chi connectivity index (χ3v) is 5.24. The first-order valence-electron chi connectivity index (χ1n) is 7.88. The highest BCUT2D eigenvalue weighted by atomic mass is 32.1. The van der Waals surface area contributed by atoms with Crippen molar-refractivity contribution in [1.29, 1.82) is 0 Å². The number of nitrogens with zero attached hydrogens (tertiary/aromatic N) is 3. The van der Waals surface area contributed by atoms with Crippen LogP contribution < -0.4 is 0 Å². The number of aryl methyl sites for hydroxylation is 1. The van der Waals surface area contributed by atoms with Gasteiger partial charge in [-0.2, -0.15) is 0 Å². The second kappa shape index (κ2) is 6.35. The molecule has 1 atom stereocenters. The highest BCUT2D eigenvalue weighted by molar-refractivity contribution is 7.19. The van der Waals surface area contributed by atoms with Crippen molar-refractivity contribution >= 4 is 21.4 Å². The lowest BCUT2D eigenvalue weighted by molar-refractivity contribution is -0.0348. The van der Waals surface area contributed by atoms with Crippen molar-refractivity contribution in [3.63, 3.8) is 0 Å². The van der Waals surface area contributed by atoms with Gasteiger partial charge in [0.15, 0.2) is 0 Å². The Balaban J connectivity index is 1.47. The van der Waals surface area contributed by atoms with Gasteiger partial charge in [-0.1, -0.05) is 18.2 Å². The Kier molecular flexibility index (Phi) is 4.08. The molecule has 118 valence electrons. The first-order valence-corrected chi connectivity index (χ1v) is 8.69. The van der Waals surface area contributed by atoms with E-state index in [1.807, 2.05) is 30.7 Å². The summed E-state index contributed by atoms with van der Waals surface area (Å²) >= 11 is 1.88. The average Bonchev–Trinajstić information content (AvgIpc) is 2.98. The minimum absolute atomic E-state index is 0.0197. The van der Waals surface area contributed by atoms with Gasteiger partial charge in [0.05, 0.1) is 24.2 Å². The fourth-order valence-corrected chi connectivity index (χ4v) is 4.04. The van der Waals surface area contributed by atoms with E-state index in [2.05, 4.69) is 45.2 Å². The van der Waals surface area contributed by atoms with Crippen molar-refractivity contribution < 1.29 is 4.74 Å². The summed E-state index contributed by atoms with van der Waals surface area (Å²) in [6, 6.07) is 10.9. The van der Waals surface area contributed by atoms with E-state index < -0.39 is 0 Å². The highest BCUT2D eigenvalue weighted by Gasteiger charge is 2.23. The zero-order valence-electron chi connectivity index (χ0n) is 13.1. The summed E-state index contributed by atoms with van der Waals surface area (Å²) in [5.74, 6) is 0. The number of aromatic nitrogens is 2. The average molecular weight is 325 g/mol. The van der Waals surface area contributed by atoms with Crippen molar-refractivity contribution in [3.05, 3.63) is 59.0 Å². The molecule has 0 spiro atoms. The molecule has 1 aliphatic heterocycles. The molecule has 3 aromatic rings. The Morgan fingerprint density at radius 3 is 3.00 bits per heavy atom. The van der Waals surface area contributed by atoms with Gasteiger partial charge in [0.1, 0.15) is 6.10 Å². The maximum absolute atomic E-state index is 5.89. The summed E-state index contributed by atoms with van der Waals surface area (Å²) in [5.41, 5.74) is 1.86. The molecule has 1 aliphatic rings. The molecule has 0 bridgehead atoms. The quantitative estimate of drug-likeness (QED) is 0.738. The van der Waals surface area contributed by atoms with E-state index in [9.17, 15) is 0 Å². The van der Waals surface area contributed by atoms with Crippen LogP contribution in [0.4, 0.5) is 0 Å². The minimum Gasteiger partial charge on any atom is -0.369 e. The lowest BCUT2D eigenvalue weighted by Gasteiger charge is -2.32. The van der Waals surface area contributed by atoms with E-state index in [4.69, 9.17) is 4.74 Å². The van der Waals surface area contributed by atoms with Gasteiger partial charge in [-0.15, -0.1) is 11.3 Å². The monoisotopic (exact) mass is 325 g/mol. The Hall–Kier alpha value is -1.82. The molecule has 1 unspecified atom stereocenters. The third-order valence-electron chi connectivity index (χ3n) is 4.14. The fourth-order valence-electron chi connectivity index (χ4n) is 2.93. The van der Waals surface area contributed by atoms with Crippen LogP contribution in [0.1, 0.15) is 22.4 Å². The van der Waals surface area contributed by atoms with Crippen LogP contribution in [0.2, 0.25) is 0 Å². The normalized spacial score (nSPS) is 19.3. The second-order valence-corrected chi connectivity index (χ2v) is 7.10. The van der Waals surface area contributed by atoms with Crippen molar-refractivity contribution in [2.75, 3.05) is 19.7 Å². The predicted molar refractivity (Wildman–Crippen MR) is 92.6 cm³/mol. The van der Waals surface area contributed by atoms with Gasteiger partial charge in [-0.25, -0.2) is 0 Å². The number of thiophene rings is 1. The molecule has 4 rings (SSSR count). The van der Waals surface area contributed by atoms with Crippen LogP contribution in [-0.4, -0.2) is 34.6 Å². The molecule has 0 saturated carbocycles. The van der Waals surface area contributed by atoms with Crippen LogP contribution in [0.3, 0.4) is 0 Å². The zero-order chi connectivity index (χ0) is 15.6. The van der Waals surface area contributed by atoms with Gasteiger partial charge in [-0.3, -0.25) is 14.9 Å². The number of rotatable bonds is 3. The molecule has 0 aliphatic carbocycles. The lowest BCUT2D eigenvalue weighted by atomic mass is 10.2. The second-order valence-electron chi connectivity index (χ2n) is 5.93. The number of benzene rings is 1. The molecule has 0 N–H and O–H groups in total. The maximum Gasteiger partial charge on any atom is 0.114 e. The molecule has 1 saturated heterocycles. The van der Waals surface area contributed by atoms with Gasteiger partial charge >= 0.3 is 0 Å². The SMILES string of the molecule is Cc1cnc(C2CN(Cc3cc4ccccc4s3)CCO2)cn1. The summed E-state index contributed by atoms with van der Waals surface area (Å²) in [6.07, 6.45) is 3.67. The lowest BCUT2D eigenvalue weighted by Crippen LogP contribution is -2.37. The standard InChI is InChI=1S/C18H19N3OS/c1-13-9-20-16(10-19-13)17-12-21(6-7-22-17)11-15-8-14-4-2-3-5-18(14)23-15/h2-5,8-10,17H,6-7,11-12H2,1H3. The van der Waals surface area contributed by atoms with Gasteiger partial charge in [0.25, 0.3) is 0 Å². The summed E-state index contributed by atoms with van der Waals surface area (Å²) in [5, 5.41) is 1.33. The predicted octanol–water partition coefficient (Wildman–Crippen LogP) is 3.57. The summed E-state index contributed by atoms with van der Waals surface area (Å²) < 4.78 is 7.25. The molecule has 0 radical (unpaired) electrons. The van der Waals surface area contributed by atoms with Gasteiger partial charge in [0, 0.05) is 35.4 Å². The molecular weight excluding hydrogens is 306 g/mol. The van der Waals surface area contributed by atoms with Crippen LogP contribution in [-0.2, 0) is 11.3 Å². The van der Waals surface area contributed by atoms with Gasteiger partial charge < -0.3 is 4.74 Å². The number of ether oxygens (including phenoxy) is 1. The van der Waals surface area contributed by atoms with Crippen molar-refractivity contribution in [2.45, 2.75) is 19.6 Å². The first-order chi connectivity index (χ1) is 11.3. The third kappa shape index (κ3) is 3.27. The number of hydrogen-bond donors (Lipinski definition) is 0. The number of morpholine rings is 1. The molecular formula is C18H19N3OS. The largest absolute Gasteiger partial charge is 0.369 e. The number of fused-ring (bicyclic) bond motifs is 1. The molecule has 3 heterocycles. The highest BCUT2D eigenvalue weighted by Crippen LogP contribution is 2.28. The first kappa shape index (κ1) is 14.8. The minimum atomic E-state index is 0.0197. The molecule has 1 fully saturated rings. The van der Waals surface area contributed by atoms with E-state index in [0.29, 0.717) is 0 Å². The van der Waals surface area contributed by atoms with Crippen molar-refractivity contribution in [2.24, 2.45) is 0 Å². The van der Waals surface area contributed by atoms with Crippen LogP contribution in [0.25, 0.3) is 10.1 Å². The van der Waals surface area contributed by atoms with E-state index >= 15 is 0 Å². The Bertz CT molecular complexity index is 766. The van der Waals surface area contributed by atoms with Crippen molar-refractivity contribution in [1.82, 2.24) is 14.9 Å². The van der Waals surface area contributed by atoms with Crippen LogP contribution in [0, 0.1) is 6.92 Å². The summed E-state index contributed by atoms with van der Waals surface area (Å²) in [4.78, 5) is 12.6. The van der Waals surface area contributed by atoms with E-state index in [1.165, 1.54) is 15.0 Å². The Morgan fingerprint density at radius 1 is 1.26 bits per heavy atom. The molecule has 0 amide bonds. The summed E-state index contributed by atoms with van der Waals surface area (Å²) in [6.45, 7) is 5.49. The topological polar surface area (TPSA) is 38.2 Å². The van der Waals surface area contributed by atoms with E-state index in [1.54, 1.807) is 0 Å². The fraction of sp³-hybridized carbons (Fsp3) is 0.333. The Morgan fingerprint density at radius 2 is 2.17 bits per heavy atom. The van der Waals surface area contributed by atoms with E-state index in [0.717, 1.165) is 37.6 Å². The van der Waals surface area contributed by atoms with E-state index in [-0.39, 0.29) is 6.10 Å². The number of hydrogen-bond acceptors (Lipinski definition) is 5. The zero-order valence-corrected chi connectivity index (χ0v) is 13.9. The molecule has 4 nitrogen and oxygen atoms in total. The van der Waals surface area contributed by atoms with Crippen LogP contribution in [0.5, 0.6) is 0 Å². The van der Waals surface area contributed by atoms with Gasteiger partial charge in [-0.05, 0) is 24.4 Å². The molecule has 1 aromatic carbocycles. The van der Waals surface area contributed by atoms with Crippen molar-refractivity contribution in [3.8, 4) is 0 Å². The van der Waals surface area contributed by atoms with Crippen LogP contribution >= 0.6 is 11.3 Å². The van der Waals surface area contributed by atoms with Crippen LogP contribution in [0.15, 0.2) is 42.7 Å². The van der Waals surface area contributed by atoms with Gasteiger partial charge in [0.2, 0.25) is 0 Å². The smallest absolute Gasteiger partial charge is 0.114 e.